The van der Waals surface area contributed by atoms with E-state index in [0.29, 0.717) is 0 Å². The molecule has 3 rings (SSSR count). The van der Waals surface area contributed by atoms with Crippen LogP contribution >= 0.6 is 7.82 Å². The van der Waals surface area contributed by atoms with Crippen LogP contribution in [0.1, 0.15) is 6.42 Å². The van der Waals surface area contributed by atoms with E-state index in [-0.39, 0.29) is 23.8 Å². The fourth-order valence-corrected chi connectivity index (χ4v) is 2.75. The molecule has 13 nitrogen and oxygen atoms in total. The van der Waals surface area contributed by atoms with Crippen molar-refractivity contribution in [2.24, 2.45) is 20.7 Å². The molecule has 0 aromatic heterocycles. The Morgan fingerprint density at radius 2 is 2.04 bits per heavy atom. The number of carbonyl (C=O) groups is 2. The van der Waals surface area contributed by atoms with E-state index < -0.39 is 44.9 Å². The number of nitrogens with two attached hydrogens (primary N) is 1. The van der Waals surface area contributed by atoms with Gasteiger partial charge in [0, 0.05) is 6.42 Å². The summed E-state index contributed by atoms with van der Waals surface area (Å²) in [6.07, 6.45) is -3.42. The molecule has 0 aliphatic carbocycles. The first-order valence-corrected chi connectivity index (χ1v) is 8.12. The van der Waals surface area contributed by atoms with Crippen LogP contribution in [-0.2, 0) is 13.8 Å². The van der Waals surface area contributed by atoms with Crippen molar-refractivity contribution in [3.05, 3.63) is 0 Å². The number of nitrogens with zero attached hydrogens (tertiary/aromatic N) is 4. The summed E-state index contributed by atoms with van der Waals surface area (Å²) in [7, 11) is -4.74. The van der Waals surface area contributed by atoms with Crippen LogP contribution in [0.4, 0.5) is 9.59 Å². The number of urea groups is 2. The van der Waals surface area contributed by atoms with Gasteiger partial charge in [0.25, 0.3) is 0 Å². The van der Waals surface area contributed by atoms with Gasteiger partial charge >= 0.3 is 19.9 Å². The number of aliphatic hydroxyl groups excluding tert-OH is 1. The van der Waals surface area contributed by atoms with E-state index in [1.807, 2.05) is 0 Å². The predicted molar refractivity (Wildman–Crippen MR) is 76.4 cm³/mol. The first kappa shape index (κ1) is 16.8. The van der Waals surface area contributed by atoms with Crippen LogP contribution in [0.5, 0.6) is 0 Å². The summed E-state index contributed by atoms with van der Waals surface area (Å²) in [4.78, 5) is 52.3. The molecule has 0 aromatic rings. The number of ether oxygens (including phenoxy) is 1. The number of amides is 4. The lowest BCUT2D eigenvalue weighted by atomic mass is 10.2. The normalized spacial score (nSPS) is 30.2. The monoisotopic (exact) mass is 361 g/mol. The molecule has 0 saturated carbocycles. The van der Waals surface area contributed by atoms with Gasteiger partial charge in [-0.15, -0.1) is 0 Å². The second-order valence-electron chi connectivity index (χ2n) is 5.05. The van der Waals surface area contributed by atoms with Crippen molar-refractivity contribution in [3.63, 3.8) is 0 Å². The van der Waals surface area contributed by atoms with Gasteiger partial charge in [0.2, 0.25) is 0 Å². The summed E-state index contributed by atoms with van der Waals surface area (Å²) < 4.78 is 20.4. The van der Waals surface area contributed by atoms with Gasteiger partial charge in [-0.2, -0.15) is 15.0 Å². The second-order valence-corrected chi connectivity index (χ2v) is 6.29. The van der Waals surface area contributed by atoms with Gasteiger partial charge < -0.3 is 25.4 Å². The van der Waals surface area contributed by atoms with E-state index in [1.54, 1.807) is 0 Å². The number of fused-ring (bicyclic) bond motifs is 1. The van der Waals surface area contributed by atoms with Crippen molar-refractivity contribution in [1.29, 1.82) is 0 Å². The number of carbonyl (C=O) groups excluding carboxylic acids is 2. The molecule has 5 N–H and O–H groups in total. The average Bonchev–Trinajstić information content (AvgIpc) is 2.96. The number of hydrogen-bond acceptors (Lipinski definition) is 7. The standard InChI is InChI=1S/C10H12N5O8P/c11-7-6-8(14-9(17)13-7)15(10(18)12-6)5-1-3(16)4(23-5)2-22-24(19,20)21/h3-5,16H,1-2H2,(H2,11,13,17)(H2,19,20,21)/t3-,4+,5+/m0/s1. The van der Waals surface area contributed by atoms with Gasteiger partial charge in [0.1, 0.15) is 12.3 Å². The van der Waals surface area contributed by atoms with Crippen LogP contribution in [0.15, 0.2) is 15.0 Å². The Morgan fingerprint density at radius 1 is 1.33 bits per heavy atom. The molecule has 24 heavy (non-hydrogen) atoms. The third-order valence-corrected chi connectivity index (χ3v) is 3.90. The van der Waals surface area contributed by atoms with E-state index >= 15 is 0 Å². The maximum absolute atomic E-state index is 12.0. The highest BCUT2D eigenvalue weighted by Crippen LogP contribution is 2.37. The molecule has 3 aliphatic heterocycles. The van der Waals surface area contributed by atoms with Crippen molar-refractivity contribution in [1.82, 2.24) is 4.90 Å². The summed E-state index contributed by atoms with van der Waals surface area (Å²) in [6.45, 7) is -0.591. The van der Waals surface area contributed by atoms with Crippen LogP contribution in [0.3, 0.4) is 0 Å². The fourth-order valence-electron chi connectivity index (χ4n) is 2.41. The van der Waals surface area contributed by atoms with Crippen molar-refractivity contribution in [2.45, 2.75) is 24.9 Å². The van der Waals surface area contributed by atoms with Crippen LogP contribution in [0, 0.1) is 0 Å². The molecular weight excluding hydrogens is 349 g/mol. The molecule has 4 amide bonds. The molecule has 0 aromatic carbocycles. The van der Waals surface area contributed by atoms with E-state index in [0.717, 1.165) is 4.90 Å². The molecule has 3 aliphatic rings. The molecule has 3 atom stereocenters. The molecule has 0 bridgehead atoms. The third kappa shape index (κ3) is 3.13. The lowest BCUT2D eigenvalue weighted by molar-refractivity contribution is -0.0464. The van der Waals surface area contributed by atoms with E-state index in [4.69, 9.17) is 20.3 Å². The van der Waals surface area contributed by atoms with Crippen molar-refractivity contribution < 1.29 is 38.3 Å². The number of hydrogen-bond donors (Lipinski definition) is 4. The minimum absolute atomic E-state index is 0.0763. The van der Waals surface area contributed by atoms with Crippen LogP contribution in [0.2, 0.25) is 0 Å². The highest BCUT2D eigenvalue weighted by Gasteiger charge is 2.46. The van der Waals surface area contributed by atoms with Gasteiger partial charge in [-0.05, 0) is 0 Å². The molecule has 0 spiro atoms. The van der Waals surface area contributed by atoms with Crippen molar-refractivity contribution in [2.75, 3.05) is 6.61 Å². The molecule has 3 heterocycles. The van der Waals surface area contributed by atoms with Crippen molar-refractivity contribution in [3.8, 4) is 0 Å². The van der Waals surface area contributed by atoms with Gasteiger partial charge in [-0.25, -0.2) is 19.1 Å². The van der Waals surface area contributed by atoms with Gasteiger partial charge in [0.05, 0.1) is 12.7 Å². The van der Waals surface area contributed by atoms with Gasteiger partial charge in [-0.3, -0.25) is 4.52 Å². The zero-order valence-corrected chi connectivity index (χ0v) is 12.7. The lowest BCUT2D eigenvalue weighted by Crippen LogP contribution is -2.46. The molecule has 1 fully saturated rings. The third-order valence-electron chi connectivity index (χ3n) is 3.41. The van der Waals surface area contributed by atoms with E-state index in [1.165, 1.54) is 0 Å². The van der Waals surface area contributed by atoms with Crippen molar-refractivity contribution >= 4 is 37.3 Å². The molecule has 130 valence electrons. The molecule has 1 saturated heterocycles. The number of amidine groups is 2. The number of phosphoric acid groups is 1. The Labute approximate surface area is 133 Å². The molecular formula is C10H12N5O8P. The lowest BCUT2D eigenvalue weighted by Gasteiger charge is -2.24. The fraction of sp³-hybridized carbons (Fsp3) is 0.500. The Kier molecular flexibility index (Phi) is 4.07. The second kappa shape index (κ2) is 5.81. The maximum atomic E-state index is 12.0. The predicted octanol–water partition coefficient (Wildman–Crippen LogP) is -1.66. The molecule has 0 unspecified atom stereocenters. The summed E-state index contributed by atoms with van der Waals surface area (Å²) in [6, 6.07) is -1.73. The molecule has 14 heteroatoms. The van der Waals surface area contributed by atoms with Gasteiger partial charge in [0.15, 0.2) is 17.4 Å². The Morgan fingerprint density at radius 3 is 2.71 bits per heavy atom. The number of phosphoric ester groups is 1. The largest absolute Gasteiger partial charge is 0.469 e. The maximum Gasteiger partial charge on any atom is 0.469 e. The zero-order valence-electron chi connectivity index (χ0n) is 11.8. The minimum Gasteiger partial charge on any atom is -0.390 e. The van der Waals surface area contributed by atoms with Crippen LogP contribution < -0.4 is 5.73 Å². The number of aliphatic hydroxyl groups is 1. The summed E-state index contributed by atoms with van der Waals surface area (Å²) in [5.74, 6) is -0.410. The van der Waals surface area contributed by atoms with Crippen LogP contribution in [-0.4, -0.2) is 74.3 Å². The SMILES string of the molecule is NC1=NC(=O)N=C2C1=NC(=O)N2[C@H]1C[C@H](O)[C@@H](COP(=O)(O)O)O1. The highest BCUT2D eigenvalue weighted by molar-refractivity contribution is 7.46. The number of rotatable bonds is 4. The quantitative estimate of drug-likeness (QED) is 0.423. The highest BCUT2D eigenvalue weighted by atomic mass is 31.2. The minimum atomic E-state index is -4.74. The first-order chi connectivity index (χ1) is 11.2. The summed E-state index contributed by atoms with van der Waals surface area (Å²) in [5, 5.41) is 9.91. The van der Waals surface area contributed by atoms with Gasteiger partial charge in [-0.1, -0.05) is 0 Å². The Bertz CT molecular complexity index is 742. The Hall–Kier alpha value is -2.02. The summed E-state index contributed by atoms with van der Waals surface area (Å²) >= 11 is 0. The topological polar surface area (TPSA) is 197 Å². The first-order valence-electron chi connectivity index (χ1n) is 6.59. The average molecular weight is 361 g/mol. The smallest absolute Gasteiger partial charge is 0.390 e. The van der Waals surface area contributed by atoms with E-state index in [9.17, 15) is 19.3 Å². The number of aliphatic imine (C=N–C) groups is 3. The zero-order chi connectivity index (χ0) is 17.6. The molecule has 0 radical (unpaired) electrons. The van der Waals surface area contributed by atoms with Crippen LogP contribution in [0.25, 0.3) is 0 Å². The Balaban J connectivity index is 1.75. The summed E-state index contributed by atoms with van der Waals surface area (Å²) in [5.41, 5.74) is 5.45. The van der Waals surface area contributed by atoms with E-state index in [2.05, 4.69) is 19.5 Å².